The Bertz CT molecular complexity index is 1350. The molecule has 0 radical (unpaired) electrons. The molecule has 2 N–H and O–H groups in total. The van der Waals surface area contributed by atoms with Crippen molar-refractivity contribution < 1.29 is 28.7 Å². The van der Waals surface area contributed by atoms with E-state index in [0.29, 0.717) is 24.5 Å². The van der Waals surface area contributed by atoms with Gasteiger partial charge in [0.25, 0.3) is 0 Å². The molecule has 0 unspecified atom stereocenters. The van der Waals surface area contributed by atoms with Gasteiger partial charge in [-0.25, -0.2) is 0 Å². The highest BCUT2D eigenvalue weighted by Crippen LogP contribution is 2.45. The zero-order valence-corrected chi connectivity index (χ0v) is 22.0. The summed E-state index contributed by atoms with van der Waals surface area (Å²) in [5.41, 5.74) is 3.81. The number of H-pyrrole nitrogens is 1. The molecule has 4 heterocycles. The van der Waals surface area contributed by atoms with Crippen LogP contribution in [-0.4, -0.2) is 92.8 Å². The molecule has 2 fully saturated rings. The van der Waals surface area contributed by atoms with E-state index in [1.165, 1.54) is 4.90 Å². The van der Waals surface area contributed by atoms with Crippen molar-refractivity contribution >= 4 is 22.7 Å². The maximum Gasteiger partial charge on any atom is 0.246 e. The number of fused-ring (bicyclic) bond motifs is 4. The third-order valence-electron chi connectivity index (χ3n) is 8.23. The van der Waals surface area contributed by atoms with Crippen molar-refractivity contribution in [3.05, 3.63) is 59.3 Å². The molecule has 9 nitrogen and oxygen atoms in total. The van der Waals surface area contributed by atoms with Crippen LogP contribution < -0.4 is 14.4 Å². The Kier molecular flexibility index (Phi) is 6.71. The summed E-state index contributed by atoms with van der Waals surface area (Å²) in [5, 5.41) is 1.09. The van der Waals surface area contributed by atoms with Crippen molar-refractivity contribution in [2.75, 3.05) is 60.2 Å². The second-order valence-corrected chi connectivity index (χ2v) is 10.3. The lowest BCUT2D eigenvalue weighted by Crippen LogP contribution is -3.14. The van der Waals surface area contributed by atoms with Crippen molar-refractivity contribution in [2.24, 2.45) is 0 Å². The van der Waals surface area contributed by atoms with Crippen LogP contribution in [0.4, 0.5) is 0 Å². The molecule has 2 amide bonds. The summed E-state index contributed by atoms with van der Waals surface area (Å²) in [4.78, 5) is 36.4. The second-order valence-electron chi connectivity index (χ2n) is 10.3. The molecule has 0 spiro atoms. The zero-order chi connectivity index (χ0) is 26.2. The van der Waals surface area contributed by atoms with E-state index in [4.69, 9.17) is 14.2 Å². The number of amides is 2. The molecule has 3 aliphatic rings. The van der Waals surface area contributed by atoms with Gasteiger partial charge < -0.3 is 33.9 Å². The monoisotopic (exact) mass is 519 g/mol. The van der Waals surface area contributed by atoms with Crippen LogP contribution in [0.15, 0.2) is 42.5 Å². The number of nitrogens with one attached hydrogen (secondary N) is 2. The predicted octanol–water partition coefficient (Wildman–Crippen LogP) is 1.18. The molecule has 2 aromatic carbocycles. The van der Waals surface area contributed by atoms with Gasteiger partial charge in [0.05, 0.1) is 40.5 Å². The number of methoxy groups -OCH3 is 2. The van der Waals surface area contributed by atoms with Crippen molar-refractivity contribution in [3.8, 4) is 11.5 Å². The Balaban J connectivity index is 1.36. The molecular formula is C29H35N4O5+. The Hall–Kier alpha value is -3.56. The first-order chi connectivity index (χ1) is 18.6. The van der Waals surface area contributed by atoms with Crippen LogP contribution in [0.1, 0.15) is 29.3 Å². The number of carbonyl (C=O) groups excluding carboxylic acids is 2. The first-order valence-corrected chi connectivity index (χ1v) is 13.4. The predicted molar refractivity (Wildman–Crippen MR) is 142 cm³/mol. The fourth-order valence-electron chi connectivity index (χ4n) is 6.32. The number of rotatable bonds is 7. The molecule has 9 heteroatoms. The van der Waals surface area contributed by atoms with Crippen LogP contribution >= 0.6 is 0 Å². The number of ether oxygens (including phenoxy) is 3. The van der Waals surface area contributed by atoms with E-state index in [0.717, 1.165) is 67.0 Å². The number of benzene rings is 2. The minimum absolute atomic E-state index is 0.0179. The van der Waals surface area contributed by atoms with Gasteiger partial charge >= 0.3 is 0 Å². The first kappa shape index (κ1) is 24.8. The molecule has 6 rings (SSSR count). The summed E-state index contributed by atoms with van der Waals surface area (Å²) in [5.74, 6) is 1.29. The number of quaternary nitrogens is 1. The molecule has 0 saturated carbocycles. The van der Waals surface area contributed by atoms with Gasteiger partial charge in [-0.2, -0.15) is 0 Å². The normalized spacial score (nSPS) is 21.9. The Morgan fingerprint density at radius 3 is 2.68 bits per heavy atom. The van der Waals surface area contributed by atoms with Gasteiger partial charge in [0.1, 0.15) is 36.7 Å². The number of aromatic amines is 1. The van der Waals surface area contributed by atoms with Gasteiger partial charge in [-0.1, -0.05) is 18.2 Å². The summed E-state index contributed by atoms with van der Waals surface area (Å²) < 4.78 is 16.7. The summed E-state index contributed by atoms with van der Waals surface area (Å²) in [6.45, 7) is 5.23. The van der Waals surface area contributed by atoms with Gasteiger partial charge in [0.15, 0.2) is 0 Å². The number of aromatic nitrogens is 1. The fourth-order valence-corrected chi connectivity index (χ4v) is 6.32. The maximum absolute atomic E-state index is 13.9. The van der Waals surface area contributed by atoms with Crippen LogP contribution in [0, 0.1) is 0 Å². The van der Waals surface area contributed by atoms with E-state index in [9.17, 15) is 9.59 Å². The average molecular weight is 520 g/mol. The summed E-state index contributed by atoms with van der Waals surface area (Å²) in [7, 11) is 3.24. The zero-order valence-electron chi connectivity index (χ0n) is 22.0. The van der Waals surface area contributed by atoms with Crippen LogP contribution in [0.2, 0.25) is 0 Å². The Morgan fingerprint density at radius 2 is 1.89 bits per heavy atom. The van der Waals surface area contributed by atoms with Crippen molar-refractivity contribution in [1.29, 1.82) is 0 Å². The third-order valence-corrected chi connectivity index (χ3v) is 8.23. The van der Waals surface area contributed by atoms with Crippen LogP contribution in [-0.2, 0) is 20.7 Å². The summed E-state index contributed by atoms with van der Waals surface area (Å²) >= 11 is 0. The van der Waals surface area contributed by atoms with E-state index >= 15 is 0 Å². The van der Waals surface area contributed by atoms with Crippen molar-refractivity contribution in [2.45, 2.75) is 24.9 Å². The SMILES string of the molecule is COc1ccc(OC)c([C@@H]2c3[nH]c4ccccc4c3C[C@H]3C(=O)N(CCC[NH+]4CCOCC4)CC(=O)N23)c1. The van der Waals surface area contributed by atoms with E-state index in [-0.39, 0.29) is 18.4 Å². The molecule has 200 valence electrons. The van der Waals surface area contributed by atoms with Gasteiger partial charge in [0, 0.05) is 41.5 Å². The Morgan fingerprint density at radius 1 is 1.08 bits per heavy atom. The van der Waals surface area contributed by atoms with Gasteiger partial charge in [-0.3, -0.25) is 9.59 Å². The first-order valence-electron chi connectivity index (χ1n) is 13.4. The molecular weight excluding hydrogens is 484 g/mol. The minimum atomic E-state index is -0.570. The lowest BCUT2D eigenvalue weighted by molar-refractivity contribution is -0.908. The fraction of sp³-hybridized carbons (Fsp3) is 0.448. The number of hydrogen-bond donors (Lipinski definition) is 2. The van der Waals surface area contributed by atoms with Gasteiger partial charge in [-0.15, -0.1) is 0 Å². The van der Waals surface area contributed by atoms with Crippen molar-refractivity contribution in [1.82, 2.24) is 14.8 Å². The van der Waals surface area contributed by atoms with Crippen LogP contribution in [0.3, 0.4) is 0 Å². The Labute approximate surface area is 222 Å². The number of hydrogen-bond acceptors (Lipinski definition) is 5. The number of morpholine rings is 1. The maximum atomic E-state index is 13.9. The quantitative estimate of drug-likeness (QED) is 0.490. The highest BCUT2D eigenvalue weighted by atomic mass is 16.5. The van der Waals surface area contributed by atoms with Crippen molar-refractivity contribution in [3.63, 3.8) is 0 Å². The van der Waals surface area contributed by atoms with Gasteiger partial charge in [0.2, 0.25) is 11.8 Å². The molecule has 2 atom stereocenters. The number of nitrogens with zero attached hydrogens (tertiary/aromatic N) is 2. The average Bonchev–Trinajstić information content (AvgIpc) is 3.33. The standard InChI is InChI=1S/C29H34N4O5/c1-36-19-8-9-25(37-2)22(16-19)28-27-21(20-6-3-4-7-23(20)30-27)17-24-29(35)32(18-26(34)33(24)28)11-5-10-31-12-14-38-15-13-31/h3-4,6-9,16,24,28,30H,5,10-15,17-18H2,1-2H3/p+1/t24-,28+/m0/s1. The second kappa shape index (κ2) is 10.3. The van der Waals surface area contributed by atoms with Crippen LogP contribution in [0.25, 0.3) is 10.9 Å². The summed E-state index contributed by atoms with van der Waals surface area (Å²) in [6, 6.07) is 12.7. The number of piperazine rings is 1. The summed E-state index contributed by atoms with van der Waals surface area (Å²) in [6.07, 6.45) is 1.35. The van der Waals surface area contributed by atoms with E-state index in [1.807, 2.05) is 36.4 Å². The largest absolute Gasteiger partial charge is 0.497 e. The number of carbonyl (C=O) groups is 2. The minimum Gasteiger partial charge on any atom is -0.497 e. The van der Waals surface area contributed by atoms with E-state index in [1.54, 1.807) is 24.0 Å². The number of para-hydroxylation sites is 1. The molecule has 1 aromatic heterocycles. The molecule has 3 aliphatic heterocycles. The van der Waals surface area contributed by atoms with Crippen LogP contribution in [0.5, 0.6) is 11.5 Å². The lowest BCUT2D eigenvalue weighted by atomic mass is 9.85. The highest BCUT2D eigenvalue weighted by molar-refractivity contribution is 5.97. The molecule has 38 heavy (non-hydrogen) atoms. The molecule has 2 saturated heterocycles. The third kappa shape index (κ3) is 4.29. The highest BCUT2D eigenvalue weighted by Gasteiger charge is 2.48. The molecule has 0 bridgehead atoms. The lowest BCUT2D eigenvalue weighted by Gasteiger charge is -2.47. The van der Waals surface area contributed by atoms with E-state index in [2.05, 4.69) is 11.1 Å². The van der Waals surface area contributed by atoms with E-state index < -0.39 is 12.1 Å². The topological polar surface area (TPSA) is 88.5 Å². The molecule has 3 aromatic rings. The molecule has 0 aliphatic carbocycles. The smallest absolute Gasteiger partial charge is 0.246 e. The van der Waals surface area contributed by atoms with Gasteiger partial charge in [-0.05, 0) is 29.8 Å².